The van der Waals surface area contributed by atoms with E-state index in [1.807, 2.05) is 18.2 Å². The van der Waals surface area contributed by atoms with Gasteiger partial charge >= 0.3 is 0 Å². The molecule has 3 nitrogen and oxygen atoms in total. The van der Waals surface area contributed by atoms with Crippen LogP contribution < -0.4 is 10.1 Å². The van der Waals surface area contributed by atoms with Crippen LogP contribution in [0.15, 0.2) is 22.7 Å². The lowest BCUT2D eigenvalue weighted by atomic mass is 10.2. The molecular weight excluding hydrogens is 258 g/mol. The lowest BCUT2D eigenvalue weighted by molar-refractivity contribution is 0.0510. The van der Waals surface area contributed by atoms with Crippen LogP contribution >= 0.6 is 15.9 Å². The topological polar surface area (TPSA) is 30.5 Å². The average molecular weight is 274 g/mol. The molecule has 84 valence electrons. The zero-order valence-electron chi connectivity index (χ0n) is 9.05. The first-order valence-corrected chi connectivity index (χ1v) is 5.68. The highest BCUT2D eigenvalue weighted by Gasteiger charge is 2.01. The van der Waals surface area contributed by atoms with Crippen molar-refractivity contribution in [2.24, 2.45) is 0 Å². The number of ether oxygens (including phenoxy) is 2. The molecule has 1 N–H and O–H groups in total. The summed E-state index contributed by atoms with van der Waals surface area (Å²) in [5.74, 6) is 0.827. The standard InChI is InChI=1S/C11H16BrNO2/c1-3-13-7-9-6-10(15-8-14-2)4-5-11(9)12/h4-6,13H,3,7-8H2,1-2H3. The van der Waals surface area contributed by atoms with Gasteiger partial charge in [-0.05, 0) is 30.3 Å². The van der Waals surface area contributed by atoms with E-state index in [-0.39, 0.29) is 6.79 Å². The van der Waals surface area contributed by atoms with E-state index in [0.717, 1.165) is 23.3 Å². The van der Waals surface area contributed by atoms with Gasteiger partial charge in [0.2, 0.25) is 0 Å². The van der Waals surface area contributed by atoms with Crippen molar-refractivity contribution in [3.05, 3.63) is 28.2 Å². The summed E-state index contributed by atoms with van der Waals surface area (Å²) < 4.78 is 11.3. The van der Waals surface area contributed by atoms with Gasteiger partial charge in [0.05, 0.1) is 0 Å². The maximum atomic E-state index is 5.36. The molecular formula is C11H16BrNO2. The third-order valence-corrected chi connectivity index (χ3v) is 2.70. The number of nitrogens with one attached hydrogen (secondary N) is 1. The smallest absolute Gasteiger partial charge is 0.188 e. The summed E-state index contributed by atoms with van der Waals surface area (Å²) in [6.07, 6.45) is 0. The van der Waals surface area contributed by atoms with Crippen LogP contribution in [0.5, 0.6) is 5.75 Å². The number of halogens is 1. The van der Waals surface area contributed by atoms with Crippen LogP contribution in [0.2, 0.25) is 0 Å². The quantitative estimate of drug-likeness (QED) is 0.809. The van der Waals surface area contributed by atoms with Gasteiger partial charge in [-0.25, -0.2) is 0 Å². The van der Waals surface area contributed by atoms with E-state index in [9.17, 15) is 0 Å². The van der Waals surface area contributed by atoms with Crippen molar-refractivity contribution in [1.29, 1.82) is 0 Å². The van der Waals surface area contributed by atoms with E-state index in [2.05, 4.69) is 28.2 Å². The van der Waals surface area contributed by atoms with Crippen molar-refractivity contribution < 1.29 is 9.47 Å². The number of hydrogen-bond donors (Lipinski definition) is 1. The molecule has 1 rings (SSSR count). The summed E-state index contributed by atoms with van der Waals surface area (Å²) in [7, 11) is 1.61. The molecule has 0 saturated heterocycles. The fraction of sp³-hybridized carbons (Fsp3) is 0.455. The SMILES string of the molecule is CCNCc1cc(OCOC)ccc1Br. The molecule has 15 heavy (non-hydrogen) atoms. The second kappa shape index (κ2) is 6.82. The van der Waals surface area contributed by atoms with Crippen LogP contribution in [-0.4, -0.2) is 20.4 Å². The Morgan fingerprint density at radius 3 is 2.87 bits per heavy atom. The van der Waals surface area contributed by atoms with Crippen molar-refractivity contribution in [1.82, 2.24) is 5.32 Å². The average Bonchev–Trinajstić information content (AvgIpc) is 2.26. The van der Waals surface area contributed by atoms with Crippen LogP contribution in [0.4, 0.5) is 0 Å². The van der Waals surface area contributed by atoms with Gasteiger partial charge in [-0.15, -0.1) is 0 Å². The van der Waals surface area contributed by atoms with Gasteiger partial charge in [0.25, 0.3) is 0 Å². The van der Waals surface area contributed by atoms with E-state index < -0.39 is 0 Å². The minimum absolute atomic E-state index is 0.280. The van der Waals surface area contributed by atoms with E-state index >= 15 is 0 Å². The maximum Gasteiger partial charge on any atom is 0.188 e. The molecule has 0 aliphatic rings. The summed E-state index contributed by atoms with van der Waals surface area (Å²) in [6.45, 7) is 4.15. The van der Waals surface area contributed by atoms with Crippen molar-refractivity contribution in [3.63, 3.8) is 0 Å². The lowest BCUT2D eigenvalue weighted by Crippen LogP contribution is -2.12. The lowest BCUT2D eigenvalue weighted by Gasteiger charge is -2.09. The summed E-state index contributed by atoms with van der Waals surface area (Å²) >= 11 is 3.50. The fourth-order valence-electron chi connectivity index (χ4n) is 1.16. The van der Waals surface area contributed by atoms with E-state index in [1.165, 1.54) is 5.56 Å². The molecule has 0 fully saturated rings. The van der Waals surface area contributed by atoms with E-state index in [0.29, 0.717) is 0 Å². The van der Waals surface area contributed by atoms with Gasteiger partial charge in [0.15, 0.2) is 6.79 Å². The van der Waals surface area contributed by atoms with Crippen molar-refractivity contribution in [3.8, 4) is 5.75 Å². The summed E-state index contributed by atoms with van der Waals surface area (Å²) in [4.78, 5) is 0. The van der Waals surface area contributed by atoms with Crippen molar-refractivity contribution in [2.45, 2.75) is 13.5 Å². The Hall–Kier alpha value is -0.580. The normalized spacial score (nSPS) is 10.3. The van der Waals surface area contributed by atoms with Crippen LogP contribution in [0.1, 0.15) is 12.5 Å². The van der Waals surface area contributed by atoms with Crippen molar-refractivity contribution in [2.75, 3.05) is 20.4 Å². The summed E-state index contributed by atoms with van der Waals surface area (Å²) in [6, 6.07) is 5.90. The van der Waals surface area contributed by atoms with E-state index in [1.54, 1.807) is 7.11 Å². The third-order valence-electron chi connectivity index (χ3n) is 1.93. The molecule has 0 aliphatic heterocycles. The zero-order valence-corrected chi connectivity index (χ0v) is 10.6. The maximum absolute atomic E-state index is 5.36. The molecule has 0 saturated carbocycles. The van der Waals surface area contributed by atoms with Gasteiger partial charge < -0.3 is 14.8 Å². The Morgan fingerprint density at radius 1 is 1.40 bits per heavy atom. The first kappa shape index (κ1) is 12.5. The summed E-state index contributed by atoms with van der Waals surface area (Å²) in [5, 5.41) is 3.27. The van der Waals surface area contributed by atoms with Gasteiger partial charge in [-0.2, -0.15) is 0 Å². The van der Waals surface area contributed by atoms with E-state index in [4.69, 9.17) is 9.47 Å². The minimum atomic E-state index is 0.280. The molecule has 0 atom stereocenters. The Balaban J connectivity index is 2.66. The second-order valence-corrected chi connectivity index (χ2v) is 3.94. The molecule has 0 amide bonds. The monoisotopic (exact) mass is 273 g/mol. The van der Waals surface area contributed by atoms with Crippen LogP contribution in [0.3, 0.4) is 0 Å². The highest BCUT2D eigenvalue weighted by Crippen LogP contribution is 2.22. The van der Waals surface area contributed by atoms with Crippen molar-refractivity contribution >= 4 is 15.9 Å². The Kier molecular flexibility index (Phi) is 5.68. The minimum Gasteiger partial charge on any atom is -0.468 e. The van der Waals surface area contributed by atoms with Gasteiger partial charge in [-0.3, -0.25) is 0 Å². The fourth-order valence-corrected chi connectivity index (χ4v) is 1.55. The Labute approximate surface area is 98.9 Å². The van der Waals surface area contributed by atoms with Gasteiger partial charge in [-0.1, -0.05) is 22.9 Å². The molecule has 0 heterocycles. The molecule has 0 aliphatic carbocycles. The molecule has 4 heteroatoms. The molecule has 1 aromatic carbocycles. The van der Waals surface area contributed by atoms with Gasteiger partial charge in [0, 0.05) is 18.1 Å². The number of benzene rings is 1. The van der Waals surface area contributed by atoms with Crippen LogP contribution in [-0.2, 0) is 11.3 Å². The zero-order chi connectivity index (χ0) is 11.1. The second-order valence-electron chi connectivity index (χ2n) is 3.08. The highest BCUT2D eigenvalue weighted by atomic mass is 79.9. The predicted molar refractivity (Wildman–Crippen MR) is 64.0 cm³/mol. The first-order chi connectivity index (χ1) is 7.27. The largest absolute Gasteiger partial charge is 0.468 e. The number of rotatable bonds is 6. The first-order valence-electron chi connectivity index (χ1n) is 4.88. The Morgan fingerprint density at radius 2 is 2.20 bits per heavy atom. The number of methoxy groups -OCH3 is 1. The Bertz CT molecular complexity index is 305. The highest BCUT2D eigenvalue weighted by molar-refractivity contribution is 9.10. The van der Waals surface area contributed by atoms with Crippen LogP contribution in [0.25, 0.3) is 0 Å². The predicted octanol–water partition coefficient (Wildman–Crippen LogP) is 2.54. The third kappa shape index (κ3) is 4.20. The number of hydrogen-bond acceptors (Lipinski definition) is 3. The molecule has 0 radical (unpaired) electrons. The molecule has 0 bridgehead atoms. The van der Waals surface area contributed by atoms with Gasteiger partial charge in [0.1, 0.15) is 5.75 Å². The molecule has 1 aromatic rings. The molecule has 0 unspecified atom stereocenters. The molecule has 0 aromatic heterocycles. The summed E-state index contributed by atoms with van der Waals surface area (Å²) in [5.41, 5.74) is 1.19. The molecule has 0 spiro atoms. The van der Waals surface area contributed by atoms with Crippen LogP contribution in [0, 0.1) is 0 Å².